The number of nitrogens with zero attached hydrogens (tertiary/aromatic N) is 1. The molecule has 0 atom stereocenters. The van der Waals surface area contributed by atoms with Crippen LogP contribution in [-0.4, -0.2) is 70.6 Å². The molecule has 0 unspecified atom stereocenters. The highest BCUT2D eigenvalue weighted by atomic mass is 32.2. The maximum absolute atomic E-state index is 2.60. The Morgan fingerprint density at radius 3 is 1.37 bits per heavy atom. The van der Waals surface area contributed by atoms with Gasteiger partial charge in [0.25, 0.3) is 0 Å². The minimum atomic E-state index is 1.20. The van der Waals surface area contributed by atoms with E-state index in [1.165, 1.54) is 65.7 Å². The largest absolute Gasteiger partial charge is 0.302 e. The molecule has 0 saturated heterocycles. The van der Waals surface area contributed by atoms with Crippen molar-refractivity contribution in [2.45, 2.75) is 20.8 Å². The predicted molar refractivity (Wildman–Crippen MR) is 103 cm³/mol. The Bertz CT molecular complexity index is 154. The molecule has 0 amide bonds. The van der Waals surface area contributed by atoms with Gasteiger partial charge in [-0.2, -0.15) is 47.0 Å². The lowest BCUT2D eigenvalue weighted by molar-refractivity contribution is 0.326. The van der Waals surface area contributed by atoms with E-state index in [4.69, 9.17) is 0 Å². The molecule has 5 heteroatoms. The molecule has 0 aliphatic heterocycles. The van der Waals surface area contributed by atoms with Crippen LogP contribution in [0.2, 0.25) is 0 Å². The van der Waals surface area contributed by atoms with Crippen molar-refractivity contribution >= 4 is 47.0 Å². The van der Waals surface area contributed by atoms with Crippen molar-refractivity contribution in [1.29, 1.82) is 0 Å². The highest BCUT2D eigenvalue weighted by molar-refractivity contribution is 8.03. The van der Waals surface area contributed by atoms with Crippen LogP contribution in [0, 0.1) is 0 Å². The molecule has 0 radical (unpaired) electrons. The second-order valence-electron chi connectivity index (χ2n) is 4.05. The van der Waals surface area contributed by atoms with Gasteiger partial charge in [-0.05, 0) is 18.1 Å². The maximum Gasteiger partial charge on any atom is 0.00726 e. The number of hydrogen-bond donors (Lipinski definition) is 0. The summed E-state index contributed by atoms with van der Waals surface area (Å²) in [5, 5.41) is 0. The van der Waals surface area contributed by atoms with Crippen molar-refractivity contribution in [3.8, 4) is 0 Å². The van der Waals surface area contributed by atoms with Gasteiger partial charge in [-0.1, -0.05) is 20.8 Å². The Balaban J connectivity index is 3.30. The van der Waals surface area contributed by atoms with Gasteiger partial charge in [-0.3, -0.25) is 0 Å². The second kappa shape index (κ2) is 17.4. The number of hydrogen-bond acceptors (Lipinski definition) is 5. The number of rotatable bonds is 15. The van der Waals surface area contributed by atoms with Crippen molar-refractivity contribution in [3.63, 3.8) is 0 Å². The third-order valence-corrected chi connectivity index (χ3v) is 6.95. The minimum absolute atomic E-state index is 1.20. The summed E-state index contributed by atoms with van der Waals surface area (Å²) in [6, 6.07) is 0. The minimum Gasteiger partial charge on any atom is -0.302 e. The van der Waals surface area contributed by atoms with Crippen LogP contribution in [0.5, 0.6) is 0 Å². The molecule has 116 valence electrons. The summed E-state index contributed by atoms with van der Waals surface area (Å²) >= 11 is 8.34. The van der Waals surface area contributed by atoms with Crippen LogP contribution in [0.4, 0.5) is 0 Å². The first-order valence-corrected chi connectivity index (χ1v) is 12.0. The van der Waals surface area contributed by atoms with Crippen LogP contribution in [0.1, 0.15) is 20.8 Å². The Hall–Kier alpha value is 1.36. The maximum atomic E-state index is 2.60. The lowest BCUT2D eigenvalue weighted by Crippen LogP contribution is -2.28. The normalized spacial score (nSPS) is 11.4. The Morgan fingerprint density at radius 1 is 0.579 bits per heavy atom. The smallest absolute Gasteiger partial charge is 0.00726 e. The molecule has 0 N–H and O–H groups in total. The molecule has 0 aromatic rings. The summed E-state index contributed by atoms with van der Waals surface area (Å²) < 4.78 is 0. The van der Waals surface area contributed by atoms with E-state index in [0.29, 0.717) is 0 Å². The van der Waals surface area contributed by atoms with Gasteiger partial charge >= 0.3 is 0 Å². The summed E-state index contributed by atoms with van der Waals surface area (Å²) in [4.78, 5) is 2.60. The number of thioether (sulfide) groups is 4. The third-order valence-electron chi connectivity index (χ3n) is 2.70. The van der Waals surface area contributed by atoms with E-state index in [1.54, 1.807) is 0 Å². The quantitative estimate of drug-likeness (QED) is 0.408. The van der Waals surface area contributed by atoms with Gasteiger partial charge in [0.05, 0.1) is 0 Å². The van der Waals surface area contributed by atoms with Gasteiger partial charge in [0.15, 0.2) is 0 Å². The zero-order valence-electron chi connectivity index (χ0n) is 12.9. The molecule has 0 aliphatic rings. The zero-order chi connectivity index (χ0) is 14.2. The molecule has 0 saturated carbocycles. The lowest BCUT2D eigenvalue weighted by Gasteiger charge is -2.19. The van der Waals surface area contributed by atoms with Gasteiger partial charge in [-0.25, -0.2) is 0 Å². The lowest BCUT2D eigenvalue weighted by atomic mass is 10.5. The topological polar surface area (TPSA) is 3.24 Å². The van der Waals surface area contributed by atoms with Gasteiger partial charge in [0.1, 0.15) is 0 Å². The first-order valence-electron chi connectivity index (χ1n) is 7.38. The van der Waals surface area contributed by atoms with E-state index in [1.807, 2.05) is 0 Å². The summed E-state index contributed by atoms with van der Waals surface area (Å²) in [6.07, 6.45) is 0. The van der Waals surface area contributed by atoms with E-state index in [-0.39, 0.29) is 0 Å². The molecule has 0 aromatic carbocycles. The van der Waals surface area contributed by atoms with Crippen LogP contribution in [0.25, 0.3) is 0 Å². The van der Waals surface area contributed by atoms with E-state index in [0.717, 1.165) is 0 Å². The zero-order valence-corrected chi connectivity index (χ0v) is 16.1. The van der Waals surface area contributed by atoms with Crippen LogP contribution in [-0.2, 0) is 0 Å². The fourth-order valence-electron chi connectivity index (χ4n) is 1.54. The molecular weight excluding hydrogens is 310 g/mol. The summed E-state index contributed by atoms with van der Waals surface area (Å²) in [5.41, 5.74) is 0. The fraction of sp³-hybridized carbons (Fsp3) is 1.00. The van der Waals surface area contributed by atoms with Crippen LogP contribution >= 0.6 is 47.0 Å². The third kappa shape index (κ3) is 15.6. The van der Waals surface area contributed by atoms with Crippen molar-refractivity contribution in [1.82, 2.24) is 4.90 Å². The highest BCUT2D eigenvalue weighted by Gasteiger charge is 2.02. The van der Waals surface area contributed by atoms with E-state index in [2.05, 4.69) is 72.7 Å². The van der Waals surface area contributed by atoms with Crippen molar-refractivity contribution in [2.24, 2.45) is 0 Å². The van der Waals surface area contributed by atoms with E-state index >= 15 is 0 Å². The average molecular weight is 342 g/mol. The van der Waals surface area contributed by atoms with Crippen LogP contribution in [0.3, 0.4) is 0 Å². The molecular formula is C14H31NS4. The van der Waals surface area contributed by atoms with Crippen molar-refractivity contribution in [3.05, 3.63) is 0 Å². The Labute approximate surface area is 138 Å². The molecule has 0 aliphatic carbocycles. The SMILES string of the molecule is CCSCCSCCN(CC)CCSCCSCC. The molecule has 0 spiro atoms. The van der Waals surface area contributed by atoms with Crippen LogP contribution < -0.4 is 0 Å². The molecule has 0 rings (SSSR count). The van der Waals surface area contributed by atoms with Gasteiger partial charge in [0, 0.05) is 47.6 Å². The standard InChI is InChI=1S/C14H31NS4/c1-4-15(7-9-18-13-11-16-5-2)8-10-19-14-12-17-6-3/h4-14H2,1-3H3. The predicted octanol–water partition coefficient (Wildman–Crippen LogP) is 4.28. The molecule has 0 bridgehead atoms. The highest BCUT2D eigenvalue weighted by Crippen LogP contribution is 2.09. The molecule has 1 nitrogen and oxygen atoms in total. The molecule has 19 heavy (non-hydrogen) atoms. The first kappa shape index (κ1) is 20.4. The average Bonchev–Trinajstić information content (AvgIpc) is 2.44. The summed E-state index contributed by atoms with van der Waals surface area (Å²) in [5.74, 6) is 10.4. The monoisotopic (exact) mass is 341 g/mol. The van der Waals surface area contributed by atoms with Crippen molar-refractivity contribution < 1.29 is 0 Å². The van der Waals surface area contributed by atoms with E-state index in [9.17, 15) is 0 Å². The fourth-order valence-corrected chi connectivity index (χ4v) is 5.19. The molecule has 0 fully saturated rings. The summed E-state index contributed by atoms with van der Waals surface area (Å²) in [7, 11) is 0. The van der Waals surface area contributed by atoms with E-state index < -0.39 is 0 Å². The summed E-state index contributed by atoms with van der Waals surface area (Å²) in [6.45, 7) is 10.5. The molecule has 0 aromatic heterocycles. The van der Waals surface area contributed by atoms with Crippen LogP contribution in [0.15, 0.2) is 0 Å². The first-order chi connectivity index (χ1) is 9.35. The Morgan fingerprint density at radius 2 is 1.00 bits per heavy atom. The van der Waals surface area contributed by atoms with Gasteiger partial charge in [0.2, 0.25) is 0 Å². The van der Waals surface area contributed by atoms with Gasteiger partial charge in [-0.15, -0.1) is 0 Å². The second-order valence-corrected chi connectivity index (χ2v) is 9.29. The molecule has 0 heterocycles. The van der Waals surface area contributed by atoms with Crippen molar-refractivity contribution in [2.75, 3.05) is 65.7 Å². The van der Waals surface area contributed by atoms with Gasteiger partial charge < -0.3 is 4.90 Å². The Kier molecular flexibility index (Phi) is 18.7.